The molecule has 2 aliphatic rings. The van der Waals surface area contributed by atoms with Gasteiger partial charge in [0.15, 0.2) is 0 Å². The van der Waals surface area contributed by atoms with E-state index in [-0.39, 0.29) is 10.8 Å². The molecule has 4 heteroatoms. The van der Waals surface area contributed by atoms with Crippen molar-refractivity contribution in [1.82, 2.24) is 8.80 Å². The van der Waals surface area contributed by atoms with Gasteiger partial charge < -0.3 is 18.6 Å². The van der Waals surface area contributed by atoms with E-state index in [1.807, 2.05) is 0 Å². The molecule has 0 spiro atoms. The minimum absolute atomic E-state index is 0.0191. The predicted molar refractivity (Wildman–Crippen MR) is 325 cm³/mol. The maximum Gasteiger partial charge on any atom is 0.0641 e. The van der Waals surface area contributed by atoms with Gasteiger partial charge >= 0.3 is 0 Å². The van der Waals surface area contributed by atoms with Crippen LogP contribution >= 0.6 is 0 Å². The van der Waals surface area contributed by atoms with E-state index in [0.717, 1.165) is 12.8 Å². The monoisotopic (exact) mass is 987 g/mol. The van der Waals surface area contributed by atoms with Crippen LogP contribution in [0.4, 0.5) is 34.1 Å². The molecule has 0 radical (unpaired) electrons. The first kappa shape index (κ1) is 45.6. The molecule has 4 heterocycles. The first-order valence-electron chi connectivity index (χ1n) is 28.2. The lowest BCUT2D eigenvalue weighted by molar-refractivity contribution is 0.591. The maximum absolute atomic E-state index is 2.62. The van der Waals surface area contributed by atoms with Crippen molar-refractivity contribution >= 4 is 110 Å². The molecule has 0 unspecified atom stereocenters. The van der Waals surface area contributed by atoms with Crippen LogP contribution in [0.25, 0.3) is 76.2 Å². The molecule has 0 aliphatic heterocycles. The number of rotatable bonds is 6. The fraction of sp³-hybridized carbons (Fsp3) is 0.250. The summed E-state index contributed by atoms with van der Waals surface area (Å²) in [5.41, 5.74) is 26.0. The van der Waals surface area contributed by atoms with Gasteiger partial charge in [0.25, 0.3) is 0 Å². The Kier molecular flexibility index (Phi) is 9.80. The van der Waals surface area contributed by atoms with E-state index in [1.54, 1.807) is 0 Å². The lowest BCUT2D eigenvalue weighted by Gasteiger charge is -2.28. The number of hydrogen-bond acceptors (Lipinski definition) is 2. The molecule has 0 saturated carbocycles. The second-order valence-corrected chi connectivity index (χ2v) is 24.9. The van der Waals surface area contributed by atoms with Crippen LogP contribution in [0.2, 0.25) is 0 Å². The molecule has 0 bridgehead atoms. The van der Waals surface area contributed by atoms with Crippen LogP contribution in [0.3, 0.4) is 0 Å². The molecular formula is C72H66N4. The predicted octanol–water partition coefficient (Wildman–Crippen LogP) is 19.9. The molecule has 76 heavy (non-hydrogen) atoms. The summed E-state index contributed by atoms with van der Waals surface area (Å²) in [7, 11) is 0. The Hall–Kier alpha value is -7.82. The Morgan fingerprint density at radius 3 is 1.11 bits per heavy atom. The largest absolute Gasteiger partial charge is 0.310 e. The minimum atomic E-state index is -0.0191. The molecule has 4 nitrogen and oxygen atoms in total. The van der Waals surface area contributed by atoms with Gasteiger partial charge in [0.05, 0.1) is 44.5 Å². The van der Waals surface area contributed by atoms with E-state index < -0.39 is 0 Å². The van der Waals surface area contributed by atoms with Crippen LogP contribution in [0.15, 0.2) is 158 Å². The summed E-state index contributed by atoms with van der Waals surface area (Å²) in [6.07, 6.45) is 9.65. The van der Waals surface area contributed by atoms with Gasteiger partial charge in [-0.25, -0.2) is 0 Å². The third kappa shape index (κ3) is 6.74. The summed E-state index contributed by atoms with van der Waals surface area (Å²) in [6.45, 7) is 18.5. The summed E-state index contributed by atoms with van der Waals surface area (Å²) in [6, 6.07) is 62.3. The summed E-state index contributed by atoms with van der Waals surface area (Å²) in [5.74, 6) is 0. The first-order valence-corrected chi connectivity index (χ1v) is 28.2. The third-order valence-electron chi connectivity index (χ3n) is 17.9. The highest BCUT2D eigenvalue weighted by molar-refractivity contribution is 6.32. The quantitative estimate of drug-likeness (QED) is 0.165. The van der Waals surface area contributed by atoms with E-state index in [4.69, 9.17) is 0 Å². The summed E-state index contributed by atoms with van der Waals surface area (Å²) >= 11 is 0. The molecule has 0 atom stereocenters. The SMILES string of the molecule is Cc1ccc(N(c2ccc3c(c2)CCCC3)c2ccc3c4cc5c(cc4n4c6ccc(C(C)(C)C)cc6c2c34)c2ccc(N(c3ccc(C)cc3)c3ccc4c(c3)CCCC4)c3c4cc(C(C)(C)C)ccc4n5c23)cc1. The van der Waals surface area contributed by atoms with E-state index in [0.29, 0.717) is 0 Å². The lowest BCUT2D eigenvalue weighted by Crippen LogP contribution is -2.12. The van der Waals surface area contributed by atoms with E-state index in [9.17, 15) is 0 Å². The smallest absolute Gasteiger partial charge is 0.0641 e. The second-order valence-electron chi connectivity index (χ2n) is 24.9. The fourth-order valence-corrected chi connectivity index (χ4v) is 13.8. The van der Waals surface area contributed by atoms with Gasteiger partial charge in [-0.15, -0.1) is 0 Å². The Balaban J connectivity index is 1.04. The molecule has 0 saturated heterocycles. The van der Waals surface area contributed by atoms with Crippen LogP contribution in [0.1, 0.15) is 112 Å². The average molecular weight is 987 g/mol. The van der Waals surface area contributed by atoms with Crippen molar-refractivity contribution in [3.8, 4) is 0 Å². The lowest BCUT2D eigenvalue weighted by atomic mass is 9.86. The molecule has 374 valence electrons. The minimum Gasteiger partial charge on any atom is -0.310 e. The molecule has 9 aromatic carbocycles. The Bertz CT molecular complexity index is 4200. The number of aromatic nitrogens is 2. The zero-order valence-corrected chi connectivity index (χ0v) is 45.5. The normalized spacial score (nSPS) is 14.4. The molecule has 13 aromatic rings. The summed E-state index contributed by atoms with van der Waals surface area (Å²) < 4.78 is 5.24. The number of benzene rings is 9. The molecule has 0 amide bonds. The third-order valence-corrected chi connectivity index (χ3v) is 17.9. The highest BCUT2D eigenvalue weighted by Gasteiger charge is 2.30. The number of nitrogens with zero attached hydrogens (tertiary/aromatic N) is 4. The van der Waals surface area contributed by atoms with Gasteiger partial charge in [-0.2, -0.15) is 0 Å². The molecule has 2 aliphatic carbocycles. The van der Waals surface area contributed by atoms with E-state index in [2.05, 4.69) is 232 Å². The van der Waals surface area contributed by atoms with Crippen LogP contribution in [0, 0.1) is 13.8 Å². The summed E-state index contributed by atoms with van der Waals surface area (Å²) in [5, 5.41) is 10.4. The van der Waals surface area contributed by atoms with Gasteiger partial charge in [0.2, 0.25) is 0 Å². The first-order chi connectivity index (χ1) is 36.8. The van der Waals surface area contributed by atoms with Crippen molar-refractivity contribution in [2.45, 2.75) is 118 Å². The van der Waals surface area contributed by atoms with Crippen molar-refractivity contribution in [2.75, 3.05) is 9.80 Å². The van der Waals surface area contributed by atoms with Crippen LogP contribution < -0.4 is 9.80 Å². The maximum atomic E-state index is 2.62. The van der Waals surface area contributed by atoms with Gasteiger partial charge in [-0.1, -0.05) is 113 Å². The van der Waals surface area contributed by atoms with Crippen molar-refractivity contribution in [1.29, 1.82) is 0 Å². The zero-order valence-electron chi connectivity index (χ0n) is 45.5. The zero-order chi connectivity index (χ0) is 51.5. The highest BCUT2D eigenvalue weighted by atomic mass is 15.2. The number of anilines is 6. The molecule has 0 fully saturated rings. The van der Waals surface area contributed by atoms with Crippen molar-refractivity contribution in [2.24, 2.45) is 0 Å². The molecular weight excluding hydrogens is 921 g/mol. The van der Waals surface area contributed by atoms with Crippen LogP contribution in [-0.4, -0.2) is 8.80 Å². The van der Waals surface area contributed by atoms with Gasteiger partial charge in [-0.05, 0) is 206 Å². The van der Waals surface area contributed by atoms with Crippen LogP contribution in [-0.2, 0) is 36.5 Å². The average Bonchev–Trinajstić information content (AvgIpc) is 4.19. The van der Waals surface area contributed by atoms with Crippen molar-refractivity contribution in [3.63, 3.8) is 0 Å². The van der Waals surface area contributed by atoms with E-state index in [1.165, 1.54) is 193 Å². The van der Waals surface area contributed by atoms with Gasteiger partial charge in [-0.3, -0.25) is 0 Å². The molecule has 15 rings (SSSR count). The topological polar surface area (TPSA) is 15.3 Å². The second kappa shape index (κ2) is 16.3. The standard InChI is InChI=1S/C72H66N4/c1-43-17-25-51(26-18-43)73(53-29-21-45-13-9-11-15-47(45)37-53)63-35-31-55-57-41-66-58(42-65(57)75-61-33-23-49(71(3,4)5)39-59(61)67(63)69(55)75)56-32-36-64(68-60-40-50(72(6,7)8)24-34-62(60)76(66)70(56)68)74(52-27-19-44(2)20-28-52)54-30-22-46-14-10-12-16-48(46)38-54/h17-42H,9-16H2,1-8H3. The number of hydrogen-bond donors (Lipinski definition) is 0. The van der Waals surface area contributed by atoms with E-state index >= 15 is 0 Å². The number of aryl methyl sites for hydroxylation is 6. The van der Waals surface area contributed by atoms with Crippen molar-refractivity contribution < 1.29 is 0 Å². The molecule has 0 N–H and O–H groups in total. The van der Waals surface area contributed by atoms with Crippen LogP contribution in [0.5, 0.6) is 0 Å². The Morgan fingerprint density at radius 2 is 0.711 bits per heavy atom. The Morgan fingerprint density at radius 1 is 0.329 bits per heavy atom. The van der Waals surface area contributed by atoms with Gasteiger partial charge in [0.1, 0.15) is 0 Å². The fourth-order valence-electron chi connectivity index (χ4n) is 13.8. The summed E-state index contributed by atoms with van der Waals surface area (Å²) in [4.78, 5) is 5.10. The number of fused-ring (bicyclic) bond motifs is 14. The molecule has 4 aromatic heterocycles. The Labute approximate surface area is 446 Å². The van der Waals surface area contributed by atoms with Gasteiger partial charge in [0, 0.05) is 65.8 Å². The highest BCUT2D eigenvalue weighted by Crippen LogP contribution is 2.52. The van der Waals surface area contributed by atoms with Crippen molar-refractivity contribution in [3.05, 3.63) is 202 Å².